The molecule has 0 saturated carbocycles. The van der Waals surface area contributed by atoms with Crippen LogP contribution in [0.4, 0.5) is 5.69 Å². The van der Waals surface area contributed by atoms with Crippen molar-refractivity contribution < 1.29 is 9.53 Å². The zero-order valence-corrected chi connectivity index (χ0v) is 17.5. The van der Waals surface area contributed by atoms with E-state index in [1.165, 1.54) is 0 Å². The van der Waals surface area contributed by atoms with Crippen LogP contribution < -0.4 is 10.1 Å². The number of anilines is 1. The van der Waals surface area contributed by atoms with Gasteiger partial charge < -0.3 is 10.1 Å². The number of aryl methyl sites for hydroxylation is 1. The summed E-state index contributed by atoms with van der Waals surface area (Å²) in [5.41, 5.74) is 5.17. The number of hydrogen-bond acceptors (Lipinski definition) is 2. The molecule has 5 heteroatoms. The molecule has 0 spiro atoms. The first-order valence-electron chi connectivity index (χ1n) is 8.85. The second kappa shape index (κ2) is 7.57. The summed E-state index contributed by atoms with van der Waals surface area (Å²) in [7, 11) is 1.62. The number of carbonyl (C=O) groups excluding carboxylic acids is 1. The fourth-order valence-corrected chi connectivity index (χ4v) is 3.80. The first-order chi connectivity index (χ1) is 12.7. The van der Waals surface area contributed by atoms with E-state index in [0.717, 1.165) is 34.4 Å². The molecule has 27 heavy (non-hydrogen) atoms. The fraction of sp³-hybridized carbons (Fsp3) is 0.318. The Labute approximate surface area is 170 Å². The van der Waals surface area contributed by atoms with Crippen molar-refractivity contribution in [3.63, 3.8) is 0 Å². The molecule has 1 heterocycles. The van der Waals surface area contributed by atoms with Gasteiger partial charge in [0.25, 0.3) is 5.91 Å². The molecule has 0 radical (unpaired) electrons. The van der Waals surface area contributed by atoms with Crippen molar-refractivity contribution in [1.29, 1.82) is 0 Å². The van der Waals surface area contributed by atoms with Crippen LogP contribution in [-0.2, 0) is 16.6 Å². The highest BCUT2D eigenvalue weighted by molar-refractivity contribution is 6.35. The molecule has 1 N–H and O–H groups in total. The number of hydrogen-bond donors (Lipinski definition) is 1. The standard InChI is InChI=1S/C22H23Cl2NO2/c1-22(2,3)17-11-14(12-18(24)20(17)27-4)10-16-15-9-13(7-8-23)5-6-19(15)25-21(16)26/h5-6,9-12H,7-8H2,1-4H3,(H,25,26). The summed E-state index contributed by atoms with van der Waals surface area (Å²) in [6.45, 7) is 6.32. The predicted octanol–water partition coefficient (Wildman–Crippen LogP) is 5.92. The molecule has 1 amide bonds. The molecular formula is C22H23Cl2NO2. The summed E-state index contributed by atoms with van der Waals surface area (Å²) in [6.07, 6.45) is 2.64. The molecule has 2 aromatic rings. The molecule has 142 valence electrons. The molecule has 3 rings (SSSR count). The number of ether oxygens (including phenoxy) is 1. The van der Waals surface area contributed by atoms with Crippen LogP contribution >= 0.6 is 23.2 Å². The summed E-state index contributed by atoms with van der Waals surface area (Å²) < 4.78 is 5.50. The summed E-state index contributed by atoms with van der Waals surface area (Å²) in [5.74, 6) is 1.10. The first-order valence-corrected chi connectivity index (χ1v) is 9.76. The quantitative estimate of drug-likeness (QED) is 0.508. The van der Waals surface area contributed by atoms with E-state index in [1.54, 1.807) is 7.11 Å². The average Bonchev–Trinajstić information content (AvgIpc) is 2.89. The van der Waals surface area contributed by atoms with Crippen molar-refractivity contribution in [2.75, 3.05) is 18.3 Å². The lowest BCUT2D eigenvalue weighted by Crippen LogP contribution is -2.13. The number of benzene rings is 2. The lowest BCUT2D eigenvalue weighted by atomic mass is 9.85. The van der Waals surface area contributed by atoms with Gasteiger partial charge in [-0.25, -0.2) is 0 Å². The van der Waals surface area contributed by atoms with Crippen LogP contribution in [0.25, 0.3) is 11.6 Å². The monoisotopic (exact) mass is 403 g/mol. The number of fused-ring (bicyclic) bond motifs is 1. The number of nitrogens with one attached hydrogen (secondary N) is 1. The van der Waals surface area contributed by atoms with Crippen LogP contribution in [0.3, 0.4) is 0 Å². The third-order valence-corrected chi connectivity index (χ3v) is 5.11. The Bertz CT molecular complexity index is 927. The minimum atomic E-state index is -0.146. The lowest BCUT2D eigenvalue weighted by Gasteiger charge is -2.23. The Hall–Kier alpha value is -1.97. The molecule has 1 aliphatic rings. The van der Waals surface area contributed by atoms with E-state index in [1.807, 2.05) is 36.4 Å². The molecule has 1 aliphatic heterocycles. The molecule has 0 aromatic heterocycles. The van der Waals surface area contributed by atoms with Crippen molar-refractivity contribution in [3.8, 4) is 5.75 Å². The summed E-state index contributed by atoms with van der Waals surface area (Å²) in [6, 6.07) is 9.81. The van der Waals surface area contributed by atoms with Gasteiger partial charge in [0.05, 0.1) is 12.1 Å². The number of halogens is 2. The first kappa shape index (κ1) is 19.8. The smallest absolute Gasteiger partial charge is 0.256 e. The molecule has 3 nitrogen and oxygen atoms in total. The third kappa shape index (κ3) is 3.99. The van der Waals surface area contributed by atoms with Crippen LogP contribution in [0.1, 0.15) is 43.0 Å². The Morgan fingerprint density at radius 2 is 1.93 bits per heavy atom. The van der Waals surface area contributed by atoms with Crippen LogP contribution in [0.2, 0.25) is 5.02 Å². The van der Waals surface area contributed by atoms with Crippen LogP contribution in [0.15, 0.2) is 30.3 Å². The van der Waals surface area contributed by atoms with E-state index in [-0.39, 0.29) is 11.3 Å². The van der Waals surface area contributed by atoms with Crippen LogP contribution in [0.5, 0.6) is 5.75 Å². The Morgan fingerprint density at radius 3 is 2.56 bits per heavy atom. The number of amides is 1. The minimum absolute atomic E-state index is 0.114. The van der Waals surface area contributed by atoms with Gasteiger partial charge >= 0.3 is 0 Å². The molecule has 0 bridgehead atoms. The van der Waals surface area contributed by atoms with Gasteiger partial charge in [-0.15, -0.1) is 11.6 Å². The fourth-order valence-electron chi connectivity index (χ4n) is 3.27. The van der Waals surface area contributed by atoms with Gasteiger partial charge in [0, 0.05) is 28.3 Å². The SMILES string of the molecule is COc1c(Cl)cc(C=C2C(=O)Nc3ccc(CCCl)cc32)cc1C(C)(C)C. The van der Waals surface area contributed by atoms with Crippen molar-refractivity contribution >= 4 is 46.4 Å². The van der Waals surface area contributed by atoms with Gasteiger partial charge in [-0.05, 0) is 53.3 Å². The number of rotatable bonds is 4. The summed E-state index contributed by atoms with van der Waals surface area (Å²) in [4.78, 5) is 12.5. The predicted molar refractivity (Wildman–Crippen MR) is 114 cm³/mol. The molecular weight excluding hydrogens is 381 g/mol. The van der Waals surface area contributed by atoms with E-state index >= 15 is 0 Å². The van der Waals surface area contributed by atoms with Crippen molar-refractivity contribution in [1.82, 2.24) is 0 Å². The van der Waals surface area contributed by atoms with Crippen LogP contribution in [-0.4, -0.2) is 18.9 Å². The maximum Gasteiger partial charge on any atom is 0.256 e. The highest BCUT2D eigenvalue weighted by Crippen LogP contribution is 2.40. The van der Waals surface area contributed by atoms with E-state index in [0.29, 0.717) is 22.2 Å². The van der Waals surface area contributed by atoms with Gasteiger partial charge in [0.15, 0.2) is 0 Å². The molecule has 0 aliphatic carbocycles. The number of carbonyl (C=O) groups is 1. The topological polar surface area (TPSA) is 38.3 Å². The second-order valence-corrected chi connectivity index (χ2v) is 8.45. The van der Waals surface area contributed by atoms with Gasteiger partial charge in [0.1, 0.15) is 5.75 Å². The number of methoxy groups -OCH3 is 1. The summed E-state index contributed by atoms with van der Waals surface area (Å²) >= 11 is 12.3. The summed E-state index contributed by atoms with van der Waals surface area (Å²) in [5, 5.41) is 3.45. The average molecular weight is 404 g/mol. The van der Waals surface area contributed by atoms with E-state index in [4.69, 9.17) is 27.9 Å². The molecule has 2 aromatic carbocycles. The Balaban J connectivity index is 2.12. The van der Waals surface area contributed by atoms with Crippen molar-refractivity contribution in [2.24, 2.45) is 0 Å². The number of alkyl halides is 1. The molecule has 0 fully saturated rings. The Kier molecular flexibility index (Phi) is 5.55. The van der Waals surface area contributed by atoms with Crippen molar-refractivity contribution in [3.05, 3.63) is 57.6 Å². The Morgan fingerprint density at radius 1 is 1.19 bits per heavy atom. The molecule has 0 saturated heterocycles. The van der Waals surface area contributed by atoms with Gasteiger partial charge in [-0.1, -0.05) is 38.4 Å². The maximum absolute atomic E-state index is 12.5. The van der Waals surface area contributed by atoms with Gasteiger partial charge in [0.2, 0.25) is 0 Å². The molecule has 0 unspecified atom stereocenters. The van der Waals surface area contributed by atoms with Gasteiger partial charge in [-0.3, -0.25) is 4.79 Å². The largest absolute Gasteiger partial charge is 0.495 e. The van der Waals surface area contributed by atoms with E-state index in [2.05, 4.69) is 26.1 Å². The highest BCUT2D eigenvalue weighted by Gasteiger charge is 2.26. The maximum atomic E-state index is 12.5. The zero-order valence-electron chi connectivity index (χ0n) is 16.0. The third-order valence-electron chi connectivity index (χ3n) is 4.64. The van der Waals surface area contributed by atoms with E-state index in [9.17, 15) is 4.79 Å². The normalized spacial score (nSPS) is 15.0. The lowest BCUT2D eigenvalue weighted by molar-refractivity contribution is -0.110. The van der Waals surface area contributed by atoms with E-state index < -0.39 is 0 Å². The minimum Gasteiger partial charge on any atom is -0.495 e. The van der Waals surface area contributed by atoms with Crippen molar-refractivity contribution in [2.45, 2.75) is 32.6 Å². The zero-order chi connectivity index (χ0) is 19.8. The highest BCUT2D eigenvalue weighted by atomic mass is 35.5. The second-order valence-electron chi connectivity index (χ2n) is 7.66. The van der Waals surface area contributed by atoms with Gasteiger partial charge in [-0.2, -0.15) is 0 Å². The van der Waals surface area contributed by atoms with Crippen LogP contribution in [0, 0.1) is 0 Å². The molecule has 0 atom stereocenters.